The molecule has 16 heavy (non-hydrogen) atoms. The topological polar surface area (TPSA) is 38.1 Å². The molecule has 2 aromatic rings. The molecule has 1 aliphatic rings. The molecule has 0 aromatic carbocycles. The molecule has 3 heterocycles. The molecule has 1 atom stereocenters. The van der Waals surface area contributed by atoms with Crippen molar-refractivity contribution in [1.29, 1.82) is 0 Å². The Bertz CT molecular complexity index is 492. The Morgan fingerprint density at radius 1 is 1.38 bits per heavy atom. The average molecular weight is 279 g/mol. The maximum atomic E-state index is 5.54. The van der Waals surface area contributed by atoms with Crippen LogP contribution in [0.4, 0.5) is 0 Å². The predicted octanol–water partition coefficient (Wildman–Crippen LogP) is 2.67. The zero-order valence-corrected chi connectivity index (χ0v) is 10.2. The SMILES string of the molecule is Brc1ccc(C2NCCc3ccoc32)nc1. The molecule has 3 nitrogen and oxygen atoms in total. The van der Waals surface area contributed by atoms with E-state index in [9.17, 15) is 0 Å². The molecule has 0 fully saturated rings. The molecule has 2 aromatic heterocycles. The molecule has 0 saturated heterocycles. The normalized spacial score (nSPS) is 19.4. The lowest BCUT2D eigenvalue weighted by Crippen LogP contribution is -2.30. The maximum Gasteiger partial charge on any atom is 0.130 e. The van der Waals surface area contributed by atoms with Gasteiger partial charge in [0.2, 0.25) is 0 Å². The molecule has 0 bridgehead atoms. The smallest absolute Gasteiger partial charge is 0.130 e. The summed E-state index contributed by atoms with van der Waals surface area (Å²) in [5.41, 5.74) is 2.28. The van der Waals surface area contributed by atoms with Gasteiger partial charge >= 0.3 is 0 Å². The fraction of sp³-hybridized carbons (Fsp3) is 0.250. The van der Waals surface area contributed by atoms with Crippen LogP contribution < -0.4 is 5.32 Å². The van der Waals surface area contributed by atoms with Crippen LogP contribution in [0, 0.1) is 0 Å². The average Bonchev–Trinajstić information content (AvgIpc) is 2.78. The molecule has 0 spiro atoms. The Morgan fingerprint density at radius 3 is 3.12 bits per heavy atom. The standard InChI is InChI=1S/C12H11BrN2O/c13-9-1-2-10(15-7-9)11-12-8(3-5-14-11)4-6-16-12/h1-2,4,6-7,11,14H,3,5H2. The van der Waals surface area contributed by atoms with Crippen molar-refractivity contribution in [3.8, 4) is 0 Å². The second-order valence-electron chi connectivity index (χ2n) is 3.85. The van der Waals surface area contributed by atoms with Gasteiger partial charge in [0.15, 0.2) is 0 Å². The van der Waals surface area contributed by atoms with Gasteiger partial charge in [0.05, 0.1) is 12.0 Å². The highest BCUT2D eigenvalue weighted by Crippen LogP contribution is 2.28. The van der Waals surface area contributed by atoms with Gasteiger partial charge in [-0.25, -0.2) is 0 Å². The molecule has 1 aliphatic heterocycles. The molecule has 0 radical (unpaired) electrons. The summed E-state index contributed by atoms with van der Waals surface area (Å²) >= 11 is 3.39. The summed E-state index contributed by atoms with van der Waals surface area (Å²) in [4.78, 5) is 4.41. The number of halogens is 1. The number of hydrogen-bond donors (Lipinski definition) is 1. The second kappa shape index (κ2) is 4.03. The van der Waals surface area contributed by atoms with Crippen molar-refractivity contribution in [2.24, 2.45) is 0 Å². The van der Waals surface area contributed by atoms with Gasteiger partial charge < -0.3 is 9.73 Å². The quantitative estimate of drug-likeness (QED) is 0.872. The molecule has 1 N–H and O–H groups in total. The first-order valence-corrected chi connectivity index (χ1v) is 6.05. The van der Waals surface area contributed by atoms with Crippen LogP contribution in [-0.2, 0) is 6.42 Å². The van der Waals surface area contributed by atoms with Crippen LogP contribution in [0.5, 0.6) is 0 Å². The minimum atomic E-state index is 0.0897. The highest BCUT2D eigenvalue weighted by Gasteiger charge is 2.25. The largest absolute Gasteiger partial charge is 0.467 e. The number of nitrogens with one attached hydrogen (secondary N) is 1. The van der Waals surface area contributed by atoms with E-state index in [4.69, 9.17) is 4.42 Å². The van der Waals surface area contributed by atoms with Gasteiger partial charge in [-0.1, -0.05) is 0 Å². The van der Waals surface area contributed by atoms with Gasteiger partial charge in [0.1, 0.15) is 11.8 Å². The summed E-state index contributed by atoms with van der Waals surface area (Å²) in [5, 5.41) is 3.43. The number of furan rings is 1. The lowest BCUT2D eigenvalue weighted by molar-refractivity contribution is 0.420. The predicted molar refractivity (Wildman–Crippen MR) is 64.2 cm³/mol. The summed E-state index contributed by atoms with van der Waals surface area (Å²) in [7, 11) is 0. The highest BCUT2D eigenvalue weighted by atomic mass is 79.9. The van der Waals surface area contributed by atoms with Crippen LogP contribution in [0.25, 0.3) is 0 Å². The highest BCUT2D eigenvalue weighted by molar-refractivity contribution is 9.10. The van der Waals surface area contributed by atoms with E-state index in [1.165, 1.54) is 5.56 Å². The molecule has 82 valence electrons. The van der Waals surface area contributed by atoms with Crippen molar-refractivity contribution < 1.29 is 4.42 Å². The summed E-state index contributed by atoms with van der Waals surface area (Å²) in [6.45, 7) is 0.967. The van der Waals surface area contributed by atoms with E-state index in [1.54, 1.807) is 6.26 Å². The van der Waals surface area contributed by atoms with Gasteiger partial charge in [-0.05, 0) is 46.1 Å². The van der Waals surface area contributed by atoms with Crippen LogP contribution in [-0.4, -0.2) is 11.5 Å². The van der Waals surface area contributed by atoms with Crippen molar-refractivity contribution in [3.05, 3.63) is 52.1 Å². The van der Waals surface area contributed by atoms with Crippen molar-refractivity contribution in [3.63, 3.8) is 0 Å². The monoisotopic (exact) mass is 278 g/mol. The lowest BCUT2D eigenvalue weighted by Gasteiger charge is -2.22. The molecule has 0 aliphatic carbocycles. The van der Waals surface area contributed by atoms with Gasteiger partial charge in [-0.15, -0.1) is 0 Å². The fourth-order valence-corrected chi connectivity index (χ4v) is 2.28. The molecule has 0 saturated carbocycles. The summed E-state index contributed by atoms with van der Waals surface area (Å²) in [6, 6.07) is 6.15. The van der Waals surface area contributed by atoms with E-state index >= 15 is 0 Å². The Hall–Kier alpha value is -1.13. The molecule has 3 rings (SSSR count). The molecule has 1 unspecified atom stereocenters. The number of pyridine rings is 1. The van der Waals surface area contributed by atoms with Crippen LogP contribution >= 0.6 is 15.9 Å². The van der Waals surface area contributed by atoms with Gasteiger partial charge in [0.25, 0.3) is 0 Å². The number of rotatable bonds is 1. The van der Waals surface area contributed by atoms with Crippen molar-refractivity contribution in [1.82, 2.24) is 10.3 Å². The van der Waals surface area contributed by atoms with E-state index in [0.717, 1.165) is 28.9 Å². The third-order valence-corrected chi connectivity index (χ3v) is 3.30. The Morgan fingerprint density at radius 2 is 2.31 bits per heavy atom. The molecule has 4 heteroatoms. The Labute approximate surface area is 102 Å². The second-order valence-corrected chi connectivity index (χ2v) is 4.76. The minimum absolute atomic E-state index is 0.0897. The van der Waals surface area contributed by atoms with E-state index in [2.05, 4.69) is 26.2 Å². The minimum Gasteiger partial charge on any atom is -0.467 e. The first kappa shape index (κ1) is 10.1. The van der Waals surface area contributed by atoms with Crippen molar-refractivity contribution >= 4 is 15.9 Å². The number of hydrogen-bond acceptors (Lipinski definition) is 3. The van der Waals surface area contributed by atoms with E-state index < -0.39 is 0 Å². The van der Waals surface area contributed by atoms with Crippen molar-refractivity contribution in [2.45, 2.75) is 12.5 Å². The first-order chi connectivity index (χ1) is 7.84. The number of fused-ring (bicyclic) bond motifs is 1. The van der Waals surface area contributed by atoms with Gasteiger partial charge in [-0.2, -0.15) is 0 Å². The van der Waals surface area contributed by atoms with Gasteiger partial charge in [0, 0.05) is 17.2 Å². The first-order valence-electron chi connectivity index (χ1n) is 5.26. The van der Waals surface area contributed by atoms with Gasteiger partial charge in [-0.3, -0.25) is 4.98 Å². The number of nitrogens with zero attached hydrogens (tertiary/aromatic N) is 1. The Balaban J connectivity index is 2.00. The number of aromatic nitrogens is 1. The van der Waals surface area contributed by atoms with Crippen molar-refractivity contribution in [2.75, 3.05) is 6.54 Å². The van der Waals surface area contributed by atoms with Crippen LogP contribution in [0.1, 0.15) is 23.1 Å². The van der Waals surface area contributed by atoms with E-state index in [-0.39, 0.29) is 6.04 Å². The van der Waals surface area contributed by atoms with E-state index in [0.29, 0.717) is 0 Å². The molecular weight excluding hydrogens is 268 g/mol. The van der Waals surface area contributed by atoms with Crippen LogP contribution in [0.2, 0.25) is 0 Å². The van der Waals surface area contributed by atoms with Crippen LogP contribution in [0.15, 0.2) is 39.5 Å². The fourth-order valence-electron chi connectivity index (χ4n) is 2.05. The Kier molecular flexibility index (Phi) is 2.53. The maximum absolute atomic E-state index is 5.54. The zero-order chi connectivity index (χ0) is 11.0. The zero-order valence-electron chi connectivity index (χ0n) is 8.61. The third kappa shape index (κ3) is 1.68. The summed E-state index contributed by atoms with van der Waals surface area (Å²) in [5.74, 6) is 1.00. The van der Waals surface area contributed by atoms with Crippen LogP contribution in [0.3, 0.4) is 0 Å². The summed E-state index contributed by atoms with van der Waals surface area (Å²) in [6.07, 6.45) is 4.59. The lowest BCUT2D eigenvalue weighted by atomic mass is 10.0. The molecular formula is C12H11BrN2O. The molecule has 0 amide bonds. The summed E-state index contributed by atoms with van der Waals surface area (Å²) < 4.78 is 6.53. The third-order valence-electron chi connectivity index (χ3n) is 2.83. The van der Waals surface area contributed by atoms with E-state index in [1.807, 2.05) is 24.4 Å².